The Hall–Kier alpha value is -2.55. The molecular formula is C43H59F3. The van der Waals surface area contributed by atoms with E-state index in [2.05, 4.69) is 27.7 Å². The normalized spacial score (nSPS) is 18.1. The Kier molecular flexibility index (Phi) is 14.8. The minimum atomic E-state index is -0.792. The molecule has 2 unspecified atom stereocenters. The Labute approximate surface area is 278 Å². The maximum absolute atomic E-state index is 15.5. The van der Waals surface area contributed by atoms with Gasteiger partial charge in [0.05, 0.1) is 0 Å². The lowest BCUT2D eigenvalue weighted by Gasteiger charge is -2.33. The second kappa shape index (κ2) is 18.7. The van der Waals surface area contributed by atoms with Crippen LogP contribution in [0.3, 0.4) is 0 Å². The Morgan fingerprint density at radius 2 is 1.28 bits per heavy atom. The van der Waals surface area contributed by atoms with Crippen molar-refractivity contribution in [1.82, 2.24) is 0 Å². The Morgan fingerprint density at radius 1 is 0.630 bits per heavy atom. The Balaban J connectivity index is 1.29. The first-order valence-corrected chi connectivity index (χ1v) is 18.7. The number of benzene rings is 3. The van der Waals surface area contributed by atoms with Gasteiger partial charge in [-0.25, -0.2) is 13.2 Å². The van der Waals surface area contributed by atoms with Gasteiger partial charge in [-0.3, -0.25) is 0 Å². The summed E-state index contributed by atoms with van der Waals surface area (Å²) in [5.41, 5.74) is 3.85. The minimum Gasteiger partial charge on any atom is -0.207 e. The molecule has 46 heavy (non-hydrogen) atoms. The average molecular weight is 633 g/mol. The van der Waals surface area contributed by atoms with Crippen molar-refractivity contribution in [1.29, 1.82) is 0 Å². The van der Waals surface area contributed by atoms with Gasteiger partial charge in [0.2, 0.25) is 0 Å². The zero-order valence-electron chi connectivity index (χ0n) is 29.2. The topological polar surface area (TPSA) is 0 Å². The van der Waals surface area contributed by atoms with E-state index in [1.54, 1.807) is 30.3 Å². The van der Waals surface area contributed by atoms with Crippen molar-refractivity contribution in [3.8, 4) is 22.3 Å². The van der Waals surface area contributed by atoms with E-state index >= 15 is 4.39 Å². The van der Waals surface area contributed by atoms with E-state index in [1.165, 1.54) is 70.6 Å². The highest BCUT2D eigenvalue weighted by atomic mass is 19.2. The molecule has 3 aromatic rings. The van der Waals surface area contributed by atoms with Crippen molar-refractivity contribution in [2.75, 3.05) is 0 Å². The summed E-state index contributed by atoms with van der Waals surface area (Å²) in [5.74, 6) is 1.00. The maximum atomic E-state index is 15.5. The van der Waals surface area contributed by atoms with Crippen LogP contribution in [0.25, 0.3) is 22.3 Å². The fraction of sp³-hybridized carbons (Fsp3) is 0.581. The number of unbranched alkanes of at least 4 members (excludes halogenated alkanes) is 6. The van der Waals surface area contributed by atoms with Gasteiger partial charge in [0.25, 0.3) is 0 Å². The second-order valence-electron chi connectivity index (χ2n) is 14.3. The highest BCUT2D eigenvalue weighted by molar-refractivity contribution is 5.71. The summed E-state index contributed by atoms with van der Waals surface area (Å²) < 4.78 is 45.2. The molecule has 0 heterocycles. The number of halogens is 3. The average Bonchev–Trinajstić information content (AvgIpc) is 3.08. The molecule has 0 spiro atoms. The molecule has 0 aliphatic heterocycles. The zero-order valence-corrected chi connectivity index (χ0v) is 29.2. The van der Waals surface area contributed by atoms with Gasteiger partial charge in [0.15, 0.2) is 11.6 Å². The molecule has 1 aliphatic rings. The smallest absolute Gasteiger partial charge is 0.166 e. The largest absolute Gasteiger partial charge is 0.207 e. The summed E-state index contributed by atoms with van der Waals surface area (Å²) in [4.78, 5) is 0. The van der Waals surface area contributed by atoms with Crippen molar-refractivity contribution in [3.05, 3.63) is 83.2 Å². The predicted octanol–water partition coefficient (Wildman–Crippen LogP) is 14.2. The first kappa shape index (κ1) is 36.3. The predicted molar refractivity (Wildman–Crippen MR) is 191 cm³/mol. The molecule has 3 heteroatoms. The second-order valence-corrected chi connectivity index (χ2v) is 14.3. The zero-order chi connectivity index (χ0) is 32.9. The summed E-state index contributed by atoms with van der Waals surface area (Å²) in [7, 11) is 0. The molecule has 1 fully saturated rings. The number of hydrogen-bond donors (Lipinski definition) is 0. The molecule has 0 radical (unpaired) electrons. The number of aryl methyl sites for hydroxylation is 1. The van der Waals surface area contributed by atoms with Crippen LogP contribution in [0.2, 0.25) is 0 Å². The first-order chi connectivity index (χ1) is 22.4. The van der Waals surface area contributed by atoms with Gasteiger partial charge in [-0.2, -0.15) is 0 Å². The van der Waals surface area contributed by atoms with Crippen molar-refractivity contribution in [2.24, 2.45) is 17.8 Å². The third kappa shape index (κ3) is 9.98. The summed E-state index contributed by atoms with van der Waals surface area (Å²) in [6.45, 7) is 9.19. The summed E-state index contributed by atoms with van der Waals surface area (Å²) in [6.07, 6.45) is 20.2. The molecule has 0 aromatic heterocycles. The van der Waals surface area contributed by atoms with Crippen molar-refractivity contribution >= 4 is 0 Å². The molecule has 0 bridgehead atoms. The van der Waals surface area contributed by atoms with Crippen molar-refractivity contribution in [3.63, 3.8) is 0 Å². The van der Waals surface area contributed by atoms with Crippen LogP contribution >= 0.6 is 0 Å². The molecule has 1 saturated carbocycles. The molecule has 0 saturated heterocycles. The monoisotopic (exact) mass is 632 g/mol. The quantitative estimate of drug-likeness (QED) is 0.122. The van der Waals surface area contributed by atoms with Crippen LogP contribution in [-0.4, -0.2) is 0 Å². The van der Waals surface area contributed by atoms with E-state index in [4.69, 9.17) is 0 Å². The molecular weight excluding hydrogens is 573 g/mol. The minimum absolute atomic E-state index is 0.130. The van der Waals surface area contributed by atoms with E-state index in [-0.39, 0.29) is 17.3 Å². The van der Waals surface area contributed by atoms with E-state index in [0.29, 0.717) is 17.5 Å². The molecule has 2 atom stereocenters. The summed E-state index contributed by atoms with van der Waals surface area (Å²) in [5, 5.41) is 0. The third-order valence-corrected chi connectivity index (χ3v) is 11.1. The third-order valence-electron chi connectivity index (χ3n) is 11.1. The highest BCUT2D eigenvalue weighted by Crippen LogP contribution is 2.42. The van der Waals surface area contributed by atoms with E-state index in [1.807, 2.05) is 24.3 Å². The fourth-order valence-corrected chi connectivity index (χ4v) is 7.77. The highest BCUT2D eigenvalue weighted by Gasteiger charge is 2.28. The SMILES string of the molecule is CCCCCCCC(CC)CCC(C)C1CCC(c2ccc(-c3ccc(-c4ccc(CCCCC)c(F)c4F)cc3)cc2F)CC1. The molecule has 0 amide bonds. The van der Waals surface area contributed by atoms with Crippen LogP contribution in [0.1, 0.15) is 147 Å². The molecule has 252 valence electrons. The fourth-order valence-electron chi connectivity index (χ4n) is 7.77. The lowest BCUT2D eigenvalue weighted by atomic mass is 9.72. The molecule has 3 aromatic carbocycles. The van der Waals surface area contributed by atoms with Gasteiger partial charge in [-0.15, -0.1) is 0 Å². The first-order valence-electron chi connectivity index (χ1n) is 18.7. The van der Waals surface area contributed by atoms with Gasteiger partial charge >= 0.3 is 0 Å². The summed E-state index contributed by atoms with van der Waals surface area (Å²) in [6, 6.07) is 16.4. The van der Waals surface area contributed by atoms with Crippen LogP contribution < -0.4 is 0 Å². The maximum Gasteiger partial charge on any atom is 0.166 e. The number of rotatable bonds is 18. The molecule has 0 nitrogen and oxygen atoms in total. The van der Waals surface area contributed by atoms with E-state index in [9.17, 15) is 8.78 Å². The Morgan fingerprint density at radius 3 is 1.96 bits per heavy atom. The van der Waals surface area contributed by atoms with Gasteiger partial charge in [-0.05, 0) is 96.1 Å². The summed E-state index contributed by atoms with van der Waals surface area (Å²) >= 11 is 0. The lowest BCUT2D eigenvalue weighted by Crippen LogP contribution is -2.20. The van der Waals surface area contributed by atoms with Crippen LogP contribution in [0.5, 0.6) is 0 Å². The Bertz CT molecular complexity index is 1320. The van der Waals surface area contributed by atoms with Crippen molar-refractivity contribution < 1.29 is 13.2 Å². The molecule has 4 rings (SSSR count). The van der Waals surface area contributed by atoms with Gasteiger partial charge in [-0.1, -0.05) is 147 Å². The van der Waals surface area contributed by atoms with Crippen LogP contribution in [0.4, 0.5) is 13.2 Å². The molecule has 1 aliphatic carbocycles. The van der Waals surface area contributed by atoms with E-state index in [0.717, 1.165) is 66.5 Å². The van der Waals surface area contributed by atoms with Gasteiger partial charge in [0.1, 0.15) is 5.82 Å². The van der Waals surface area contributed by atoms with Crippen LogP contribution in [-0.2, 0) is 6.42 Å². The molecule has 0 N–H and O–H groups in total. The van der Waals surface area contributed by atoms with Crippen LogP contribution in [0, 0.1) is 35.2 Å². The van der Waals surface area contributed by atoms with Gasteiger partial charge < -0.3 is 0 Å². The van der Waals surface area contributed by atoms with E-state index < -0.39 is 11.6 Å². The van der Waals surface area contributed by atoms with Crippen molar-refractivity contribution in [2.45, 2.75) is 143 Å². The standard InChI is InChI=1S/C43H59F3/c1-5-8-10-11-13-14-32(7-3)17-16-31(4)33-18-22-35(23-19-33)39-28-27-38(30-41(39)44)34-20-24-36(25-21-34)40-29-26-37(15-12-9-6-2)42(45)43(40)46/h20-21,24-33,35H,5-19,22-23H2,1-4H3. The lowest BCUT2D eigenvalue weighted by molar-refractivity contribution is 0.220. The number of hydrogen-bond acceptors (Lipinski definition) is 0. The van der Waals surface area contributed by atoms with Crippen LogP contribution in [0.15, 0.2) is 54.6 Å². The van der Waals surface area contributed by atoms with Gasteiger partial charge in [0, 0.05) is 5.56 Å².